The summed E-state index contributed by atoms with van der Waals surface area (Å²) >= 11 is 15.5. The van der Waals surface area contributed by atoms with Gasteiger partial charge < -0.3 is 14.2 Å². The Labute approximate surface area is 204 Å². The lowest BCUT2D eigenvalue weighted by Crippen LogP contribution is -2.17. The number of hydrogen-bond acceptors (Lipinski definition) is 5. The van der Waals surface area contributed by atoms with E-state index in [1.807, 2.05) is 6.07 Å². The number of benzene rings is 3. The van der Waals surface area contributed by atoms with Gasteiger partial charge in [0, 0.05) is 5.56 Å². The maximum atomic E-state index is 12.2. The van der Waals surface area contributed by atoms with Crippen molar-refractivity contribution >= 4 is 51.3 Å². The van der Waals surface area contributed by atoms with Crippen LogP contribution in [0.2, 0.25) is 10.0 Å². The van der Waals surface area contributed by atoms with Crippen molar-refractivity contribution in [2.24, 2.45) is 5.10 Å². The molecule has 0 bridgehead atoms. The highest BCUT2D eigenvalue weighted by molar-refractivity contribution is 9.10. The number of hydrogen-bond donors (Lipinski definition) is 1. The molecule has 0 saturated carbocycles. The smallest absolute Gasteiger partial charge is 0.271 e. The number of carbonyl (C=O) groups excluding carboxylic acids is 1. The van der Waals surface area contributed by atoms with E-state index in [4.69, 9.17) is 37.4 Å². The number of nitrogens with one attached hydrogen (secondary N) is 1. The van der Waals surface area contributed by atoms with Crippen molar-refractivity contribution in [1.29, 1.82) is 0 Å². The fourth-order valence-electron chi connectivity index (χ4n) is 2.71. The number of methoxy groups -OCH3 is 2. The number of hydrazone groups is 1. The van der Waals surface area contributed by atoms with E-state index >= 15 is 0 Å². The zero-order valence-corrected chi connectivity index (χ0v) is 20.3. The lowest BCUT2D eigenvalue weighted by molar-refractivity contribution is 0.0955. The molecule has 0 atom stereocenters. The van der Waals surface area contributed by atoms with Crippen LogP contribution in [0.3, 0.4) is 0 Å². The van der Waals surface area contributed by atoms with Crippen molar-refractivity contribution in [3.05, 3.63) is 85.8 Å². The topological polar surface area (TPSA) is 69.2 Å². The Morgan fingerprint density at radius 3 is 2.44 bits per heavy atom. The zero-order valence-electron chi connectivity index (χ0n) is 17.2. The van der Waals surface area contributed by atoms with Gasteiger partial charge in [-0.25, -0.2) is 5.43 Å². The van der Waals surface area contributed by atoms with Crippen LogP contribution in [0.25, 0.3) is 0 Å². The van der Waals surface area contributed by atoms with Gasteiger partial charge in [0.05, 0.1) is 35.0 Å². The molecule has 1 N–H and O–H groups in total. The van der Waals surface area contributed by atoms with Crippen molar-refractivity contribution in [3.63, 3.8) is 0 Å². The van der Waals surface area contributed by atoms with E-state index < -0.39 is 0 Å². The van der Waals surface area contributed by atoms with Crippen LogP contribution in [0.15, 0.2) is 64.2 Å². The average Bonchev–Trinajstić information content (AvgIpc) is 2.80. The second-order valence-corrected chi connectivity index (χ2v) is 8.17. The van der Waals surface area contributed by atoms with Gasteiger partial charge in [-0.05, 0) is 75.6 Å². The first kappa shape index (κ1) is 23.9. The van der Waals surface area contributed by atoms with Gasteiger partial charge in [-0.2, -0.15) is 5.10 Å². The standard InChI is InChI=1S/C23H19BrCl2N2O4/c1-30-17-6-4-16(5-7-17)23(29)28-27-12-15-9-18(24)22(21(11-15)31-2)32-13-14-3-8-19(25)20(26)10-14/h3-12H,13H2,1-2H3,(H,28,29)/b27-12-. The molecule has 32 heavy (non-hydrogen) atoms. The van der Waals surface area contributed by atoms with Crippen molar-refractivity contribution < 1.29 is 19.0 Å². The molecule has 3 aromatic rings. The van der Waals surface area contributed by atoms with Crippen LogP contribution in [0.4, 0.5) is 0 Å². The molecule has 1 amide bonds. The van der Waals surface area contributed by atoms with Gasteiger partial charge in [0.25, 0.3) is 5.91 Å². The maximum absolute atomic E-state index is 12.2. The molecular weight excluding hydrogens is 519 g/mol. The summed E-state index contributed by atoms with van der Waals surface area (Å²) < 4.78 is 17.1. The molecule has 6 nitrogen and oxygen atoms in total. The van der Waals surface area contributed by atoms with Crippen molar-refractivity contribution in [2.75, 3.05) is 14.2 Å². The Morgan fingerprint density at radius 2 is 1.78 bits per heavy atom. The van der Waals surface area contributed by atoms with Crippen LogP contribution in [0.5, 0.6) is 17.2 Å². The Morgan fingerprint density at radius 1 is 1.03 bits per heavy atom. The van der Waals surface area contributed by atoms with Crippen molar-refractivity contribution in [3.8, 4) is 17.2 Å². The first-order valence-corrected chi connectivity index (χ1v) is 10.9. The summed E-state index contributed by atoms with van der Waals surface area (Å²) in [6.07, 6.45) is 1.51. The van der Waals surface area contributed by atoms with Crippen LogP contribution in [0.1, 0.15) is 21.5 Å². The summed E-state index contributed by atoms with van der Waals surface area (Å²) in [5.41, 5.74) is 4.52. The molecule has 0 spiro atoms. The molecular formula is C23H19BrCl2N2O4. The SMILES string of the molecule is COc1ccc(C(=O)N/N=C\c2cc(Br)c(OCc3ccc(Cl)c(Cl)c3)c(OC)c2)cc1. The Kier molecular flexibility index (Phi) is 8.39. The second kappa shape index (κ2) is 11.2. The number of rotatable bonds is 8. The van der Waals surface area contributed by atoms with E-state index in [0.29, 0.717) is 42.9 Å². The predicted octanol–water partition coefficient (Wildman–Crippen LogP) is 6.12. The molecule has 0 fully saturated rings. The maximum Gasteiger partial charge on any atom is 0.271 e. The average molecular weight is 538 g/mol. The summed E-state index contributed by atoms with van der Waals surface area (Å²) in [4.78, 5) is 12.2. The van der Waals surface area contributed by atoms with Crippen LogP contribution >= 0.6 is 39.1 Å². The quantitative estimate of drug-likeness (QED) is 0.278. The lowest BCUT2D eigenvalue weighted by atomic mass is 10.2. The molecule has 3 rings (SSSR count). The number of halogens is 3. The molecule has 166 valence electrons. The lowest BCUT2D eigenvalue weighted by Gasteiger charge is -2.14. The molecule has 9 heteroatoms. The third-order valence-corrected chi connectivity index (χ3v) is 5.68. The van der Waals surface area contributed by atoms with E-state index in [0.717, 1.165) is 5.56 Å². The highest BCUT2D eigenvalue weighted by atomic mass is 79.9. The minimum Gasteiger partial charge on any atom is -0.497 e. The molecule has 3 aromatic carbocycles. The van der Waals surface area contributed by atoms with Gasteiger partial charge in [0.2, 0.25) is 0 Å². The molecule has 0 aliphatic heterocycles. The first-order chi connectivity index (χ1) is 15.4. The molecule has 0 radical (unpaired) electrons. The van der Waals surface area contributed by atoms with Crippen LogP contribution in [0, 0.1) is 0 Å². The van der Waals surface area contributed by atoms with Gasteiger partial charge in [-0.3, -0.25) is 4.79 Å². The van der Waals surface area contributed by atoms with Crippen LogP contribution in [-0.4, -0.2) is 26.3 Å². The number of amides is 1. The van der Waals surface area contributed by atoms with Crippen molar-refractivity contribution in [2.45, 2.75) is 6.61 Å². The third kappa shape index (κ3) is 6.16. The Hall–Kier alpha value is -2.74. The number of ether oxygens (including phenoxy) is 3. The number of carbonyl (C=O) groups is 1. The van der Waals surface area contributed by atoms with Gasteiger partial charge >= 0.3 is 0 Å². The fraction of sp³-hybridized carbons (Fsp3) is 0.130. The summed E-state index contributed by atoms with van der Waals surface area (Å²) in [6, 6.07) is 15.6. The summed E-state index contributed by atoms with van der Waals surface area (Å²) in [5, 5.41) is 4.96. The van der Waals surface area contributed by atoms with Crippen molar-refractivity contribution in [1.82, 2.24) is 5.43 Å². The van der Waals surface area contributed by atoms with Crippen LogP contribution in [-0.2, 0) is 6.61 Å². The van der Waals surface area contributed by atoms with E-state index in [1.165, 1.54) is 6.21 Å². The van der Waals surface area contributed by atoms with E-state index in [-0.39, 0.29) is 12.5 Å². The van der Waals surface area contributed by atoms with Gasteiger partial charge in [-0.15, -0.1) is 0 Å². The summed E-state index contributed by atoms with van der Waals surface area (Å²) in [5.74, 6) is 1.36. The van der Waals surface area contributed by atoms with Gasteiger partial charge in [-0.1, -0.05) is 29.3 Å². The van der Waals surface area contributed by atoms with Gasteiger partial charge in [0.15, 0.2) is 11.5 Å². The minimum atomic E-state index is -0.337. The second-order valence-electron chi connectivity index (χ2n) is 6.50. The number of nitrogens with zero attached hydrogens (tertiary/aromatic N) is 1. The summed E-state index contributed by atoms with van der Waals surface area (Å²) in [7, 11) is 3.11. The monoisotopic (exact) mass is 536 g/mol. The molecule has 0 heterocycles. The fourth-order valence-corrected chi connectivity index (χ4v) is 3.61. The zero-order chi connectivity index (χ0) is 23.1. The minimum absolute atomic E-state index is 0.275. The highest BCUT2D eigenvalue weighted by Gasteiger charge is 2.12. The molecule has 0 saturated heterocycles. The molecule has 0 aliphatic rings. The largest absolute Gasteiger partial charge is 0.497 e. The van der Waals surface area contributed by atoms with E-state index in [1.54, 1.807) is 62.8 Å². The molecule has 0 aromatic heterocycles. The third-order valence-electron chi connectivity index (χ3n) is 4.35. The van der Waals surface area contributed by atoms with Gasteiger partial charge in [0.1, 0.15) is 12.4 Å². The van der Waals surface area contributed by atoms with Crippen LogP contribution < -0.4 is 19.6 Å². The van der Waals surface area contributed by atoms with E-state index in [2.05, 4.69) is 26.5 Å². The summed E-state index contributed by atoms with van der Waals surface area (Å²) in [6.45, 7) is 0.275. The Balaban J connectivity index is 1.68. The predicted molar refractivity (Wildman–Crippen MR) is 130 cm³/mol. The normalized spacial score (nSPS) is 10.8. The molecule has 0 unspecified atom stereocenters. The highest BCUT2D eigenvalue weighted by Crippen LogP contribution is 2.37. The first-order valence-electron chi connectivity index (χ1n) is 9.33. The molecule has 0 aliphatic carbocycles. The Bertz CT molecular complexity index is 1140. The van der Waals surface area contributed by atoms with E-state index in [9.17, 15) is 4.79 Å².